The van der Waals surface area contributed by atoms with E-state index in [1.807, 2.05) is 0 Å². The molecule has 0 saturated carbocycles. The maximum Gasteiger partial charge on any atom is 0.296 e. The van der Waals surface area contributed by atoms with Crippen LogP contribution in [0.15, 0.2) is 23.1 Å². The second-order valence-corrected chi connectivity index (χ2v) is 7.11. The number of hydrogen-bond acceptors (Lipinski definition) is 6. The number of hydrogen-bond donors (Lipinski definition) is 4. The van der Waals surface area contributed by atoms with E-state index in [1.54, 1.807) is 0 Å². The predicted octanol–water partition coefficient (Wildman–Crippen LogP) is 0.595. The molecule has 0 amide bonds. The summed E-state index contributed by atoms with van der Waals surface area (Å²) in [5.41, 5.74) is 5.99. The predicted molar refractivity (Wildman–Crippen MR) is 74.8 cm³/mol. The molecule has 0 saturated heterocycles. The molecule has 8 nitrogen and oxygen atoms in total. The quantitative estimate of drug-likeness (QED) is 0.324. The van der Waals surface area contributed by atoms with Gasteiger partial charge in [-0.1, -0.05) is 0 Å². The molecule has 0 unspecified atom stereocenters. The number of benzene rings is 1. The molecule has 0 bridgehead atoms. The Bertz CT molecular complexity index is 669. The fourth-order valence-electron chi connectivity index (χ4n) is 1.54. The average molecular weight is 324 g/mol. The standard InChI is InChI=1S/C10H16N2O6S2/c11-8-3-4-10(20(16,17)18)9(7-8)12-5-1-2-6-19(13,14)15/h3-4,7,12H,1-2,5-6,11H2,(H,13,14,15)(H,16,17,18). The number of nitrogens with two attached hydrogens (primary N) is 1. The van der Waals surface area contributed by atoms with Gasteiger partial charge in [0.2, 0.25) is 0 Å². The fraction of sp³-hybridized carbons (Fsp3) is 0.400. The number of rotatable bonds is 7. The summed E-state index contributed by atoms with van der Waals surface area (Å²) in [7, 11) is -8.36. The van der Waals surface area contributed by atoms with Crippen LogP contribution in [-0.2, 0) is 20.2 Å². The third-order valence-electron chi connectivity index (χ3n) is 2.43. The summed E-state index contributed by atoms with van der Waals surface area (Å²) in [4.78, 5) is -0.304. The Balaban J connectivity index is 2.66. The van der Waals surface area contributed by atoms with Gasteiger partial charge in [-0.05, 0) is 31.0 Å². The van der Waals surface area contributed by atoms with Crippen molar-refractivity contribution in [2.75, 3.05) is 23.3 Å². The lowest BCUT2D eigenvalue weighted by Gasteiger charge is -2.10. The minimum absolute atomic E-state index is 0.138. The van der Waals surface area contributed by atoms with Crippen LogP contribution in [0.1, 0.15) is 12.8 Å². The molecular formula is C10H16N2O6S2. The summed E-state index contributed by atoms with van der Waals surface area (Å²) in [5.74, 6) is -0.364. The fourth-order valence-corrected chi connectivity index (χ4v) is 2.76. The Morgan fingerprint density at radius 1 is 1.10 bits per heavy atom. The first-order valence-electron chi connectivity index (χ1n) is 5.65. The van der Waals surface area contributed by atoms with Gasteiger partial charge in [0, 0.05) is 12.2 Å². The molecule has 0 radical (unpaired) electrons. The lowest BCUT2D eigenvalue weighted by molar-refractivity contribution is 0.479. The first-order valence-corrected chi connectivity index (χ1v) is 8.70. The van der Waals surface area contributed by atoms with Crippen LogP contribution in [0.5, 0.6) is 0 Å². The summed E-state index contributed by atoms with van der Waals surface area (Å²) in [5, 5.41) is 2.75. The van der Waals surface area contributed by atoms with Crippen LogP contribution in [-0.4, -0.2) is 38.2 Å². The van der Waals surface area contributed by atoms with Crippen molar-refractivity contribution in [2.24, 2.45) is 0 Å². The van der Waals surface area contributed by atoms with Crippen molar-refractivity contribution in [2.45, 2.75) is 17.7 Å². The van der Waals surface area contributed by atoms with Gasteiger partial charge >= 0.3 is 0 Å². The highest BCUT2D eigenvalue weighted by Gasteiger charge is 2.15. The van der Waals surface area contributed by atoms with Crippen molar-refractivity contribution in [1.82, 2.24) is 0 Å². The van der Waals surface area contributed by atoms with E-state index in [9.17, 15) is 16.8 Å². The Kier molecular flexibility index (Phi) is 5.34. The molecule has 0 aliphatic carbocycles. The normalized spacial score (nSPS) is 12.3. The Morgan fingerprint density at radius 2 is 1.75 bits per heavy atom. The second-order valence-electron chi connectivity index (χ2n) is 4.15. The molecule has 0 aliphatic heterocycles. The number of nitrogen functional groups attached to an aromatic ring is 1. The summed E-state index contributed by atoms with van der Waals surface area (Å²) in [6.45, 7) is 0.265. The van der Waals surface area contributed by atoms with Gasteiger partial charge in [-0.2, -0.15) is 16.8 Å². The van der Waals surface area contributed by atoms with Crippen LogP contribution < -0.4 is 11.1 Å². The van der Waals surface area contributed by atoms with Crippen molar-refractivity contribution in [3.63, 3.8) is 0 Å². The lowest BCUT2D eigenvalue weighted by Crippen LogP contribution is -2.10. The molecule has 1 aromatic rings. The zero-order chi connectivity index (χ0) is 15.4. The molecule has 0 heterocycles. The number of unbranched alkanes of at least 4 members (excludes halogenated alkanes) is 1. The number of anilines is 2. The molecule has 1 rings (SSSR count). The summed E-state index contributed by atoms with van der Waals surface area (Å²) < 4.78 is 60.9. The zero-order valence-corrected chi connectivity index (χ0v) is 12.1. The average Bonchev–Trinajstić information content (AvgIpc) is 2.25. The number of nitrogens with one attached hydrogen (secondary N) is 1. The van der Waals surface area contributed by atoms with Crippen LogP contribution in [0.25, 0.3) is 0 Å². The lowest BCUT2D eigenvalue weighted by atomic mass is 10.2. The third-order valence-corrected chi connectivity index (χ3v) is 4.14. The van der Waals surface area contributed by atoms with Gasteiger partial charge in [0.25, 0.3) is 20.2 Å². The van der Waals surface area contributed by atoms with Gasteiger partial charge in [-0.15, -0.1) is 0 Å². The van der Waals surface area contributed by atoms with E-state index in [4.69, 9.17) is 14.8 Å². The molecule has 0 aliphatic rings. The molecule has 1 aromatic carbocycles. The van der Waals surface area contributed by atoms with E-state index in [0.717, 1.165) is 0 Å². The van der Waals surface area contributed by atoms with Gasteiger partial charge in [0.1, 0.15) is 4.90 Å². The smallest absolute Gasteiger partial charge is 0.296 e. The van der Waals surface area contributed by atoms with Gasteiger partial charge in [0.15, 0.2) is 0 Å². The van der Waals surface area contributed by atoms with Gasteiger partial charge in [0.05, 0.1) is 11.4 Å². The summed E-state index contributed by atoms with van der Waals surface area (Å²) >= 11 is 0. The first kappa shape index (κ1) is 16.7. The molecule has 0 aromatic heterocycles. The molecule has 114 valence electrons. The summed E-state index contributed by atoms with van der Waals surface area (Å²) in [6.07, 6.45) is 0.606. The Labute approximate surface area is 117 Å². The molecule has 0 spiro atoms. The minimum atomic E-state index is -4.37. The van der Waals surface area contributed by atoms with E-state index in [-0.39, 0.29) is 29.3 Å². The highest BCUT2D eigenvalue weighted by Crippen LogP contribution is 2.23. The molecule has 10 heteroatoms. The monoisotopic (exact) mass is 324 g/mol. The Hall–Kier alpha value is -1.36. The van der Waals surface area contributed by atoms with E-state index >= 15 is 0 Å². The largest absolute Gasteiger partial charge is 0.399 e. The van der Waals surface area contributed by atoms with Crippen molar-refractivity contribution < 1.29 is 25.9 Å². The van der Waals surface area contributed by atoms with Crippen molar-refractivity contribution in [1.29, 1.82) is 0 Å². The van der Waals surface area contributed by atoms with E-state index in [0.29, 0.717) is 12.1 Å². The SMILES string of the molecule is Nc1ccc(S(=O)(=O)O)c(NCCCCS(=O)(=O)O)c1. The zero-order valence-electron chi connectivity index (χ0n) is 10.5. The van der Waals surface area contributed by atoms with Crippen LogP contribution in [0.3, 0.4) is 0 Å². The van der Waals surface area contributed by atoms with Crippen LogP contribution in [0, 0.1) is 0 Å². The van der Waals surface area contributed by atoms with Crippen molar-refractivity contribution in [3.8, 4) is 0 Å². The minimum Gasteiger partial charge on any atom is -0.399 e. The van der Waals surface area contributed by atoms with Gasteiger partial charge < -0.3 is 11.1 Å². The Morgan fingerprint density at radius 3 is 2.30 bits per heavy atom. The van der Waals surface area contributed by atoms with E-state index in [1.165, 1.54) is 18.2 Å². The molecule has 0 atom stereocenters. The second kappa shape index (κ2) is 6.39. The van der Waals surface area contributed by atoms with Crippen molar-refractivity contribution >= 4 is 31.6 Å². The van der Waals surface area contributed by atoms with E-state index in [2.05, 4.69) is 5.32 Å². The highest BCUT2D eigenvalue weighted by atomic mass is 32.2. The van der Waals surface area contributed by atoms with Gasteiger partial charge in [-0.25, -0.2) is 0 Å². The van der Waals surface area contributed by atoms with Crippen LogP contribution in [0.4, 0.5) is 11.4 Å². The van der Waals surface area contributed by atoms with E-state index < -0.39 is 20.2 Å². The van der Waals surface area contributed by atoms with Gasteiger partial charge in [-0.3, -0.25) is 9.11 Å². The summed E-state index contributed by atoms with van der Waals surface area (Å²) in [6, 6.07) is 3.86. The maximum absolute atomic E-state index is 11.1. The van der Waals surface area contributed by atoms with Crippen LogP contribution in [0.2, 0.25) is 0 Å². The molecular weight excluding hydrogens is 308 g/mol. The topological polar surface area (TPSA) is 147 Å². The molecule has 5 N–H and O–H groups in total. The van der Waals surface area contributed by atoms with Crippen molar-refractivity contribution in [3.05, 3.63) is 18.2 Å². The maximum atomic E-state index is 11.1. The molecule has 0 fully saturated rings. The highest BCUT2D eigenvalue weighted by molar-refractivity contribution is 7.86. The molecule has 20 heavy (non-hydrogen) atoms. The van der Waals surface area contributed by atoms with Crippen LogP contribution >= 0.6 is 0 Å². The first-order chi connectivity index (χ1) is 9.09. The third kappa shape index (κ3) is 5.74.